The number of morpholine rings is 1. The monoisotopic (exact) mass is 346 g/mol. The van der Waals surface area contributed by atoms with Crippen LogP contribution >= 0.6 is 0 Å². The van der Waals surface area contributed by atoms with E-state index >= 15 is 0 Å². The number of nitrogens with one attached hydrogen (secondary N) is 1. The molecule has 1 aliphatic heterocycles. The molecule has 2 aromatic rings. The molecule has 1 N–H and O–H groups in total. The van der Waals surface area contributed by atoms with E-state index < -0.39 is 11.7 Å². The summed E-state index contributed by atoms with van der Waals surface area (Å²) in [6, 6.07) is 5.69. The first-order chi connectivity index (χ1) is 12.1. The van der Waals surface area contributed by atoms with Gasteiger partial charge in [0, 0.05) is 19.6 Å². The second-order valence-electron chi connectivity index (χ2n) is 5.56. The second kappa shape index (κ2) is 7.43. The van der Waals surface area contributed by atoms with Crippen LogP contribution in [0, 0.1) is 5.82 Å². The SMILES string of the molecule is CCn1ncc(NC(=O)c2ccccc2F)c(N2CCOCC2)c1=O. The van der Waals surface area contributed by atoms with Crippen LogP contribution in [0.5, 0.6) is 0 Å². The Morgan fingerprint density at radius 3 is 2.72 bits per heavy atom. The molecule has 0 bridgehead atoms. The second-order valence-corrected chi connectivity index (χ2v) is 5.56. The summed E-state index contributed by atoms with van der Waals surface area (Å²) in [6.45, 7) is 4.28. The van der Waals surface area contributed by atoms with E-state index in [9.17, 15) is 14.0 Å². The number of amides is 1. The third-order valence-electron chi connectivity index (χ3n) is 4.01. The van der Waals surface area contributed by atoms with Gasteiger partial charge in [0.25, 0.3) is 11.5 Å². The summed E-state index contributed by atoms with van der Waals surface area (Å²) in [7, 11) is 0. The topological polar surface area (TPSA) is 76.5 Å². The lowest BCUT2D eigenvalue weighted by atomic mass is 10.2. The smallest absolute Gasteiger partial charge is 0.292 e. The number of hydrogen-bond acceptors (Lipinski definition) is 5. The van der Waals surface area contributed by atoms with E-state index in [2.05, 4.69) is 10.4 Å². The lowest BCUT2D eigenvalue weighted by Gasteiger charge is -2.29. The highest BCUT2D eigenvalue weighted by atomic mass is 19.1. The van der Waals surface area contributed by atoms with Crippen LogP contribution < -0.4 is 15.8 Å². The van der Waals surface area contributed by atoms with Gasteiger partial charge in [0.2, 0.25) is 0 Å². The van der Waals surface area contributed by atoms with Crippen LogP contribution in [0.25, 0.3) is 0 Å². The Morgan fingerprint density at radius 2 is 2.04 bits per heavy atom. The Labute approximate surface area is 144 Å². The van der Waals surface area contributed by atoms with E-state index in [0.29, 0.717) is 38.5 Å². The third kappa shape index (κ3) is 3.53. The first-order valence-corrected chi connectivity index (χ1v) is 8.10. The van der Waals surface area contributed by atoms with Gasteiger partial charge in [0.15, 0.2) is 0 Å². The normalized spacial score (nSPS) is 14.4. The van der Waals surface area contributed by atoms with Crippen LogP contribution in [-0.2, 0) is 11.3 Å². The lowest BCUT2D eigenvalue weighted by molar-refractivity contribution is 0.102. The molecule has 1 aromatic carbocycles. The van der Waals surface area contributed by atoms with Crippen molar-refractivity contribution >= 4 is 17.3 Å². The summed E-state index contributed by atoms with van der Waals surface area (Å²) < 4.78 is 20.5. The zero-order valence-corrected chi connectivity index (χ0v) is 13.9. The van der Waals surface area contributed by atoms with E-state index in [-0.39, 0.29) is 16.8 Å². The molecule has 0 unspecified atom stereocenters. The van der Waals surface area contributed by atoms with Crippen LogP contribution in [-0.4, -0.2) is 42.0 Å². The van der Waals surface area contributed by atoms with Crippen molar-refractivity contribution in [3.8, 4) is 0 Å². The molecule has 1 fully saturated rings. The first kappa shape index (κ1) is 17.1. The van der Waals surface area contributed by atoms with Crippen LogP contribution in [0.3, 0.4) is 0 Å². The molecule has 1 saturated heterocycles. The fourth-order valence-corrected chi connectivity index (χ4v) is 2.72. The standard InChI is InChI=1S/C17H19FN4O3/c1-2-22-17(24)15(21-7-9-25-10-8-21)14(11-19-22)20-16(23)12-5-3-4-6-13(12)18/h3-6,11H,2,7-10H2,1H3,(H,20,23). The van der Waals surface area contributed by atoms with Crippen LogP contribution in [0.2, 0.25) is 0 Å². The van der Waals surface area contributed by atoms with Crippen molar-refractivity contribution in [2.45, 2.75) is 13.5 Å². The average molecular weight is 346 g/mol. The molecule has 2 heterocycles. The summed E-state index contributed by atoms with van der Waals surface area (Å²) in [5, 5.41) is 6.68. The number of hydrogen-bond donors (Lipinski definition) is 1. The van der Waals surface area contributed by atoms with Gasteiger partial charge >= 0.3 is 0 Å². The molecular formula is C17H19FN4O3. The summed E-state index contributed by atoms with van der Waals surface area (Å²) >= 11 is 0. The summed E-state index contributed by atoms with van der Waals surface area (Å²) in [6.07, 6.45) is 1.43. The number of benzene rings is 1. The molecule has 1 aromatic heterocycles. The number of aromatic nitrogens is 2. The van der Waals surface area contributed by atoms with Crippen molar-refractivity contribution in [1.29, 1.82) is 0 Å². The molecule has 0 atom stereocenters. The molecular weight excluding hydrogens is 327 g/mol. The van der Waals surface area contributed by atoms with E-state index in [1.165, 1.54) is 29.1 Å². The minimum Gasteiger partial charge on any atom is -0.378 e. The van der Waals surface area contributed by atoms with Gasteiger partial charge in [-0.25, -0.2) is 9.07 Å². The fraction of sp³-hybridized carbons (Fsp3) is 0.353. The average Bonchev–Trinajstić information content (AvgIpc) is 2.63. The Bertz CT molecular complexity index is 831. The maximum absolute atomic E-state index is 13.8. The lowest BCUT2D eigenvalue weighted by Crippen LogP contribution is -2.41. The van der Waals surface area contributed by atoms with Crippen molar-refractivity contribution in [3.05, 3.63) is 52.2 Å². The molecule has 3 rings (SSSR count). The number of rotatable bonds is 4. The van der Waals surface area contributed by atoms with Gasteiger partial charge in [0.05, 0.1) is 30.7 Å². The third-order valence-corrected chi connectivity index (χ3v) is 4.01. The first-order valence-electron chi connectivity index (χ1n) is 8.10. The number of nitrogens with zero attached hydrogens (tertiary/aromatic N) is 3. The van der Waals surface area contributed by atoms with Gasteiger partial charge in [-0.15, -0.1) is 0 Å². The number of ether oxygens (including phenoxy) is 1. The van der Waals surface area contributed by atoms with Crippen molar-refractivity contribution in [2.75, 3.05) is 36.5 Å². The predicted molar refractivity (Wildman–Crippen MR) is 91.6 cm³/mol. The quantitative estimate of drug-likeness (QED) is 0.908. The zero-order chi connectivity index (χ0) is 17.8. The number of halogens is 1. The summed E-state index contributed by atoms with van der Waals surface area (Å²) in [5.74, 6) is -1.24. The van der Waals surface area contributed by atoms with E-state index in [4.69, 9.17) is 4.74 Å². The van der Waals surface area contributed by atoms with Gasteiger partial charge in [-0.2, -0.15) is 5.10 Å². The predicted octanol–water partition coefficient (Wildman–Crippen LogP) is 1.49. The Morgan fingerprint density at radius 1 is 1.32 bits per heavy atom. The fourth-order valence-electron chi connectivity index (χ4n) is 2.72. The Balaban J connectivity index is 1.98. The maximum atomic E-state index is 13.8. The minimum absolute atomic E-state index is 0.0879. The van der Waals surface area contributed by atoms with Crippen molar-refractivity contribution in [2.24, 2.45) is 0 Å². The number of carbonyl (C=O) groups is 1. The molecule has 1 aliphatic rings. The van der Waals surface area contributed by atoms with Crippen LogP contribution in [0.15, 0.2) is 35.3 Å². The molecule has 7 nitrogen and oxygen atoms in total. The highest BCUT2D eigenvalue weighted by molar-refractivity contribution is 6.05. The summed E-state index contributed by atoms with van der Waals surface area (Å²) in [5.41, 5.74) is 0.237. The molecule has 0 saturated carbocycles. The molecule has 25 heavy (non-hydrogen) atoms. The Kier molecular flexibility index (Phi) is 5.08. The van der Waals surface area contributed by atoms with Gasteiger partial charge in [-0.3, -0.25) is 9.59 Å². The van der Waals surface area contributed by atoms with E-state index in [1.54, 1.807) is 6.07 Å². The minimum atomic E-state index is -0.622. The molecule has 8 heteroatoms. The molecule has 0 radical (unpaired) electrons. The van der Waals surface area contributed by atoms with Crippen molar-refractivity contribution < 1.29 is 13.9 Å². The van der Waals surface area contributed by atoms with Crippen molar-refractivity contribution in [1.82, 2.24) is 9.78 Å². The van der Waals surface area contributed by atoms with Gasteiger partial charge in [-0.1, -0.05) is 12.1 Å². The number of anilines is 2. The zero-order valence-electron chi connectivity index (χ0n) is 13.9. The highest BCUT2D eigenvalue weighted by Crippen LogP contribution is 2.22. The van der Waals surface area contributed by atoms with Crippen LogP contribution in [0.4, 0.5) is 15.8 Å². The van der Waals surface area contributed by atoms with E-state index in [1.807, 2.05) is 11.8 Å². The molecule has 0 spiro atoms. The van der Waals surface area contributed by atoms with Crippen LogP contribution in [0.1, 0.15) is 17.3 Å². The maximum Gasteiger partial charge on any atom is 0.292 e. The number of aryl methyl sites for hydroxylation is 1. The van der Waals surface area contributed by atoms with Gasteiger partial charge in [-0.05, 0) is 19.1 Å². The molecule has 132 valence electrons. The largest absolute Gasteiger partial charge is 0.378 e. The summed E-state index contributed by atoms with van der Waals surface area (Å²) in [4.78, 5) is 27.0. The van der Waals surface area contributed by atoms with Gasteiger partial charge < -0.3 is 15.0 Å². The molecule has 1 amide bonds. The molecule has 0 aliphatic carbocycles. The van der Waals surface area contributed by atoms with E-state index in [0.717, 1.165) is 0 Å². The van der Waals surface area contributed by atoms with Crippen molar-refractivity contribution in [3.63, 3.8) is 0 Å². The Hall–Kier alpha value is -2.74. The highest BCUT2D eigenvalue weighted by Gasteiger charge is 2.22. The van der Waals surface area contributed by atoms with Gasteiger partial charge in [0.1, 0.15) is 11.5 Å². The number of carbonyl (C=O) groups excluding carboxylic acids is 1.